The van der Waals surface area contributed by atoms with Gasteiger partial charge in [0.2, 0.25) is 5.71 Å². The van der Waals surface area contributed by atoms with Gasteiger partial charge < -0.3 is 5.73 Å². The highest BCUT2D eigenvalue weighted by atomic mass is 19.1. The van der Waals surface area contributed by atoms with Crippen LogP contribution in [0.15, 0.2) is 17.2 Å². The van der Waals surface area contributed by atoms with E-state index in [2.05, 4.69) is 10.5 Å². The highest BCUT2D eigenvalue weighted by Crippen LogP contribution is 2.21. The number of nitrogens with two attached hydrogens (primary N) is 1. The number of nitrogens with zero attached hydrogens (tertiary/aromatic N) is 2. The summed E-state index contributed by atoms with van der Waals surface area (Å²) in [6, 6.07) is 4.39. The third kappa shape index (κ3) is 3.01. The van der Waals surface area contributed by atoms with Crippen molar-refractivity contribution in [2.75, 3.05) is 5.43 Å². The Balaban J connectivity index is 3.05. The maximum absolute atomic E-state index is 13.0. The molecule has 0 aliphatic carbocycles. The zero-order chi connectivity index (χ0) is 13.0. The number of aryl methyl sites for hydroxylation is 2. The second-order valence-corrected chi connectivity index (χ2v) is 3.51. The Bertz CT molecular complexity index is 504. The lowest BCUT2D eigenvalue weighted by atomic mass is 10.1. The molecule has 0 unspecified atom stereocenters. The first-order valence-corrected chi connectivity index (χ1v) is 4.80. The molecule has 0 aliphatic heterocycles. The molecule has 4 N–H and O–H groups in total. The van der Waals surface area contributed by atoms with Crippen molar-refractivity contribution in [1.29, 1.82) is 10.7 Å². The molecule has 0 aromatic heterocycles. The van der Waals surface area contributed by atoms with E-state index >= 15 is 0 Å². The molecule has 1 aromatic carbocycles. The van der Waals surface area contributed by atoms with Gasteiger partial charge in [-0.3, -0.25) is 10.8 Å². The lowest BCUT2D eigenvalue weighted by molar-refractivity contribution is 0.625. The third-order valence-electron chi connectivity index (χ3n) is 2.14. The van der Waals surface area contributed by atoms with E-state index in [1.54, 1.807) is 19.9 Å². The van der Waals surface area contributed by atoms with Crippen LogP contribution < -0.4 is 11.2 Å². The van der Waals surface area contributed by atoms with Crippen LogP contribution in [0.5, 0.6) is 0 Å². The number of hydrazone groups is 1. The first-order valence-electron chi connectivity index (χ1n) is 4.80. The highest BCUT2D eigenvalue weighted by molar-refractivity contribution is 6.45. The molecule has 0 bridgehead atoms. The quantitative estimate of drug-likeness (QED) is 0.420. The monoisotopic (exact) mass is 233 g/mol. The Hall–Kier alpha value is -2.42. The molecule has 0 saturated heterocycles. The Morgan fingerprint density at radius 2 is 2.00 bits per heavy atom. The van der Waals surface area contributed by atoms with E-state index in [1.807, 2.05) is 0 Å². The molecule has 0 heterocycles. The normalized spacial score (nSPS) is 10.8. The average molecular weight is 233 g/mol. The van der Waals surface area contributed by atoms with Crippen LogP contribution in [0.4, 0.5) is 10.1 Å². The smallest absolute Gasteiger partial charge is 0.201 e. The van der Waals surface area contributed by atoms with Gasteiger partial charge in [-0.2, -0.15) is 10.4 Å². The fraction of sp³-hybridized carbons (Fsp3) is 0.182. The van der Waals surface area contributed by atoms with Gasteiger partial charge in [-0.1, -0.05) is 0 Å². The highest BCUT2D eigenvalue weighted by Gasteiger charge is 2.06. The Morgan fingerprint density at radius 1 is 1.47 bits per heavy atom. The molecule has 5 nitrogen and oxygen atoms in total. The minimum absolute atomic E-state index is 0.215. The predicted octanol–water partition coefficient (Wildman–Crippen LogP) is 1.67. The van der Waals surface area contributed by atoms with E-state index < -0.39 is 5.84 Å². The number of rotatable bonds is 3. The van der Waals surface area contributed by atoms with Crippen LogP contribution in [0.1, 0.15) is 11.1 Å². The van der Waals surface area contributed by atoms with Crippen molar-refractivity contribution in [2.24, 2.45) is 10.8 Å². The van der Waals surface area contributed by atoms with Crippen LogP contribution in [-0.2, 0) is 0 Å². The topological polar surface area (TPSA) is 98.0 Å². The number of benzene rings is 1. The molecular weight excluding hydrogens is 221 g/mol. The largest absolute Gasteiger partial charge is 0.382 e. The zero-order valence-corrected chi connectivity index (χ0v) is 9.50. The van der Waals surface area contributed by atoms with Gasteiger partial charge in [0.05, 0.1) is 5.69 Å². The summed E-state index contributed by atoms with van der Waals surface area (Å²) in [5.74, 6) is -0.751. The van der Waals surface area contributed by atoms with Crippen LogP contribution >= 0.6 is 0 Å². The summed E-state index contributed by atoms with van der Waals surface area (Å²) in [5, 5.41) is 19.4. The van der Waals surface area contributed by atoms with E-state index in [1.165, 1.54) is 12.1 Å². The molecule has 1 rings (SSSR count). The standard InChI is InChI=1S/C11H12FN5/c1-6-3-8(12)4-7(2)10(6)17-16-9(5-13)11(14)15/h3-4,17H,1-2H3,(H3,14,15)/b16-9+. The first kappa shape index (κ1) is 12.6. The summed E-state index contributed by atoms with van der Waals surface area (Å²) in [6.07, 6.45) is 0. The number of hydrogen-bond donors (Lipinski definition) is 3. The molecule has 0 spiro atoms. The number of amidine groups is 1. The maximum Gasteiger partial charge on any atom is 0.201 e. The third-order valence-corrected chi connectivity index (χ3v) is 2.14. The van der Waals surface area contributed by atoms with E-state index in [0.29, 0.717) is 16.8 Å². The van der Waals surface area contributed by atoms with Gasteiger partial charge in [-0.05, 0) is 37.1 Å². The van der Waals surface area contributed by atoms with Crippen LogP contribution in [0.3, 0.4) is 0 Å². The number of hydrogen-bond acceptors (Lipinski definition) is 4. The first-order chi connectivity index (χ1) is 7.95. The summed E-state index contributed by atoms with van der Waals surface area (Å²) >= 11 is 0. The Labute approximate surface area is 98.3 Å². The van der Waals surface area contributed by atoms with E-state index in [-0.39, 0.29) is 11.5 Å². The van der Waals surface area contributed by atoms with Crippen molar-refractivity contribution in [1.82, 2.24) is 0 Å². The minimum Gasteiger partial charge on any atom is -0.382 e. The van der Waals surface area contributed by atoms with Crippen molar-refractivity contribution in [2.45, 2.75) is 13.8 Å². The number of nitriles is 1. The second kappa shape index (κ2) is 5.07. The van der Waals surface area contributed by atoms with Crippen LogP contribution in [-0.4, -0.2) is 11.5 Å². The van der Waals surface area contributed by atoms with Crippen molar-refractivity contribution in [3.05, 3.63) is 29.1 Å². The Morgan fingerprint density at radius 3 is 2.41 bits per heavy atom. The van der Waals surface area contributed by atoms with Crippen molar-refractivity contribution < 1.29 is 4.39 Å². The van der Waals surface area contributed by atoms with Crippen LogP contribution in [0, 0.1) is 36.4 Å². The molecule has 1 aromatic rings. The fourth-order valence-electron chi connectivity index (χ4n) is 1.34. The number of anilines is 1. The maximum atomic E-state index is 13.0. The second-order valence-electron chi connectivity index (χ2n) is 3.51. The van der Waals surface area contributed by atoms with Gasteiger partial charge >= 0.3 is 0 Å². The summed E-state index contributed by atoms with van der Waals surface area (Å²) < 4.78 is 13.0. The fourth-order valence-corrected chi connectivity index (χ4v) is 1.34. The average Bonchev–Trinajstić information content (AvgIpc) is 2.21. The zero-order valence-electron chi connectivity index (χ0n) is 9.50. The van der Waals surface area contributed by atoms with Gasteiger partial charge in [0.25, 0.3) is 0 Å². The lowest BCUT2D eigenvalue weighted by Gasteiger charge is -2.09. The lowest BCUT2D eigenvalue weighted by Crippen LogP contribution is -2.22. The summed E-state index contributed by atoms with van der Waals surface area (Å²) in [5.41, 5.74) is 9.46. The molecule has 0 radical (unpaired) electrons. The molecule has 0 aliphatic rings. The molecular formula is C11H12FN5. The summed E-state index contributed by atoms with van der Waals surface area (Å²) in [7, 11) is 0. The van der Waals surface area contributed by atoms with E-state index in [9.17, 15) is 4.39 Å². The van der Waals surface area contributed by atoms with Crippen molar-refractivity contribution in [3.63, 3.8) is 0 Å². The molecule has 0 fully saturated rings. The summed E-state index contributed by atoms with van der Waals surface area (Å²) in [6.45, 7) is 3.43. The summed E-state index contributed by atoms with van der Waals surface area (Å²) in [4.78, 5) is 0. The van der Waals surface area contributed by atoms with Gasteiger partial charge in [0.1, 0.15) is 11.9 Å². The SMILES string of the molecule is Cc1cc(F)cc(C)c1N/N=C(\C#N)C(=N)N. The molecule has 0 amide bonds. The van der Waals surface area contributed by atoms with Crippen molar-refractivity contribution in [3.8, 4) is 6.07 Å². The number of nitrogens with one attached hydrogen (secondary N) is 2. The van der Waals surface area contributed by atoms with Gasteiger partial charge in [-0.15, -0.1) is 0 Å². The molecule has 0 atom stereocenters. The number of halogens is 1. The van der Waals surface area contributed by atoms with Crippen LogP contribution in [0.25, 0.3) is 0 Å². The van der Waals surface area contributed by atoms with Gasteiger partial charge in [-0.25, -0.2) is 4.39 Å². The van der Waals surface area contributed by atoms with Gasteiger partial charge in [0, 0.05) is 0 Å². The Kier molecular flexibility index (Phi) is 3.78. The van der Waals surface area contributed by atoms with Gasteiger partial charge in [0.15, 0.2) is 5.84 Å². The minimum atomic E-state index is -0.419. The van der Waals surface area contributed by atoms with Crippen molar-refractivity contribution >= 4 is 17.2 Å². The van der Waals surface area contributed by atoms with E-state index in [4.69, 9.17) is 16.4 Å². The molecule has 17 heavy (non-hydrogen) atoms. The molecule has 88 valence electrons. The predicted molar refractivity (Wildman–Crippen MR) is 64.5 cm³/mol. The molecule has 0 saturated carbocycles. The van der Waals surface area contributed by atoms with E-state index in [0.717, 1.165) is 0 Å². The molecule has 6 heteroatoms. The van der Waals surface area contributed by atoms with Crippen LogP contribution in [0.2, 0.25) is 0 Å².